The van der Waals surface area contributed by atoms with Gasteiger partial charge in [-0.1, -0.05) is 42.5 Å². The van der Waals surface area contributed by atoms with Gasteiger partial charge in [-0.15, -0.1) is 0 Å². The van der Waals surface area contributed by atoms with Crippen LogP contribution in [0.2, 0.25) is 0 Å². The molecule has 0 aromatic heterocycles. The third kappa shape index (κ3) is 5.29. The zero-order valence-corrected chi connectivity index (χ0v) is 15.6. The van der Waals surface area contributed by atoms with Crippen LogP contribution in [0.25, 0.3) is 0 Å². The molecule has 0 radical (unpaired) electrons. The van der Waals surface area contributed by atoms with Gasteiger partial charge >= 0.3 is 16.4 Å². The molecule has 8 heteroatoms. The number of ether oxygens (including phenoxy) is 2. The Morgan fingerprint density at radius 2 is 1.70 bits per heavy atom. The van der Waals surface area contributed by atoms with Crippen molar-refractivity contribution in [1.82, 2.24) is 0 Å². The number of esters is 1. The Bertz CT molecular complexity index is 863. The first kappa shape index (κ1) is 19.3. The highest BCUT2D eigenvalue weighted by Gasteiger charge is 2.45. The van der Waals surface area contributed by atoms with Gasteiger partial charge in [0, 0.05) is 6.42 Å². The Kier molecular flexibility index (Phi) is 6.10. The minimum atomic E-state index is -4.20. The second-order valence-corrected chi connectivity index (χ2v) is 7.14. The minimum Gasteiger partial charge on any atom is -0.489 e. The van der Waals surface area contributed by atoms with Crippen molar-refractivity contribution in [3.63, 3.8) is 0 Å². The number of benzene rings is 2. The lowest BCUT2D eigenvalue weighted by atomic mass is 10.0. The molecule has 0 saturated carbocycles. The van der Waals surface area contributed by atoms with Crippen molar-refractivity contribution in [3.8, 4) is 5.75 Å². The molecule has 2 aromatic carbocycles. The molecule has 1 heterocycles. The summed E-state index contributed by atoms with van der Waals surface area (Å²) in [5.74, 6) is -0.0767. The zero-order chi connectivity index (χ0) is 19.3. The Balaban J connectivity index is 1.62. The summed E-state index contributed by atoms with van der Waals surface area (Å²) in [4.78, 5) is 11.9. The monoisotopic (exact) mass is 392 g/mol. The summed E-state index contributed by atoms with van der Waals surface area (Å²) >= 11 is 0. The summed E-state index contributed by atoms with van der Waals surface area (Å²) in [6, 6.07) is 16.9. The van der Waals surface area contributed by atoms with E-state index in [1.54, 1.807) is 31.2 Å². The molecule has 144 valence electrons. The van der Waals surface area contributed by atoms with Crippen LogP contribution in [-0.4, -0.2) is 33.2 Å². The average molecular weight is 392 g/mol. The van der Waals surface area contributed by atoms with Crippen LogP contribution in [-0.2, 0) is 41.3 Å². The number of carbonyl (C=O) groups is 1. The topological polar surface area (TPSA) is 88.1 Å². The highest BCUT2D eigenvalue weighted by molar-refractivity contribution is 7.82. The van der Waals surface area contributed by atoms with E-state index in [4.69, 9.17) is 17.8 Å². The van der Waals surface area contributed by atoms with Gasteiger partial charge in [0.25, 0.3) is 0 Å². The molecule has 0 unspecified atom stereocenters. The van der Waals surface area contributed by atoms with E-state index in [-0.39, 0.29) is 13.0 Å². The van der Waals surface area contributed by atoms with Gasteiger partial charge in [-0.05, 0) is 30.2 Å². The number of hydrogen-bond donors (Lipinski definition) is 0. The molecule has 2 aromatic rings. The summed E-state index contributed by atoms with van der Waals surface area (Å²) in [7, 11) is -4.20. The Morgan fingerprint density at radius 1 is 1.00 bits per heavy atom. The maximum absolute atomic E-state index is 11.9. The van der Waals surface area contributed by atoms with Crippen molar-refractivity contribution in [2.75, 3.05) is 6.61 Å². The minimum absolute atomic E-state index is 0.124. The fraction of sp³-hybridized carbons (Fsp3) is 0.316. The molecular formula is C19H20O7S. The average Bonchev–Trinajstić information content (AvgIpc) is 2.96. The first-order valence-corrected chi connectivity index (χ1v) is 9.84. The summed E-state index contributed by atoms with van der Waals surface area (Å²) in [6.45, 7) is 2.20. The van der Waals surface area contributed by atoms with Crippen molar-refractivity contribution in [2.45, 2.75) is 32.2 Å². The predicted octanol–water partition coefficient (Wildman–Crippen LogP) is 2.40. The molecule has 1 saturated heterocycles. The van der Waals surface area contributed by atoms with Gasteiger partial charge in [-0.3, -0.25) is 0 Å². The van der Waals surface area contributed by atoms with E-state index >= 15 is 0 Å². The first-order valence-electron chi connectivity index (χ1n) is 8.50. The molecule has 0 bridgehead atoms. The van der Waals surface area contributed by atoms with Gasteiger partial charge in [0.15, 0.2) is 0 Å². The van der Waals surface area contributed by atoms with Crippen LogP contribution in [0.15, 0.2) is 54.6 Å². The number of carbonyl (C=O) groups excluding carboxylic acids is 1. The van der Waals surface area contributed by atoms with Gasteiger partial charge in [-0.2, -0.15) is 8.42 Å². The van der Waals surface area contributed by atoms with Crippen LogP contribution < -0.4 is 4.74 Å². The first-order chi connectivity index (χ1) is 13.0. The molecule has 0 amide bonds. The molecule has 27 heavy (non-hydrogen) atoms. The quantitative estimate of drug-likeness (QED) is 0.669. The van der Waals surface area contributed by atoms with Gasteiger partial charge in [0.1, 0.15) is 18.5 Å². The number of hydrogen-bond acceptors (Lipinski definition) is 7. The number of rotatable bonds is 7. The van der Waals surface area contributed by atoms with Crippen molar-refractivity contribution in [2.24, 2.45) is 0 Å². The SMILES string of the molecule is CCOC(=O)[C@H]1OS(=O)(=O)O[C@@H]1Cc1ccc(OCc2ccccc2)cc1. The molecule has 0 N–H and O–H groups in total. The molecule has 1 aliphatic heterocycles. The van der Waals surface area contributed by atoms with Gasteiger partial charge in [0.2, 0.25) is 6.10 Å². The summed E-state index contributed by atoms with van der Waals surface area (Å²) in [5, 5.41) is 0. The molecule has 7 nitrogen and oxygen atoms in total. The van der Waals surface area contributed by atoms with E-state index in [2.05, 4.69) is 0 Å². The zero-order valence-electron chi connectivity index (χ0n) is 14.7. The lowest BCUT2D eigenvalue weighted by molar-refractivity contribution is -0.152. The van der Waals surface area contributed by atoms with E-state index in [9.17, 15) is 13.2 Å². The Labute approximate surface area is 158 Å². The smallest absolute Gasteiger partial charge is 0.401 e. The third-order valence-corrected chi connectivity index (χ3v) is 4.85. The van der Waals surface area contributed by atoms with Crippen LogP contribution >= 0.6 is 0 Å². The van der Waals surface area contributed by atoms with E-state index < -0.39 is 28.6 Å². The third-order valence-electron chi connectivity index (χ3n) is 3.93. The molecule has 1 fully saturated rings. The van der Waals surface area contributed by atoms with Crippen LogP contribution in [0.3, 0.4) is 0 Å². The van der Waals surface area contributed by atoms with Gasteiger partial charge < -0.3 is 9.47 Å². The Hall–Kier alpha value is -2.42. The maximum atomic E-state index is 11.9. The molecule has 0 aliphatic carbocycles. The summed E-state index contributed by atoms with van der Waals surface area (Å²) in [5.41, 5.74) is 1.84. The van der Waals surface area contributed by atoms with E-state index in [1.165, 1.54) is 0 Å². The fourth-order valence-electron chi connectivity index (χ4n) is 2.66. The van der Waals surface area contributed by atoms with Crippen molar-refractivity contribution < 1.29 is 31.1 Å². The van der Waals surface area contributed by atoms with Crippen molar-refractivity contribution in [1.29, 1.82) is 0 Å². The van der Waals surface area contributed by atoms with Crippen LogP contribution in [0, 0.1) is 0 Å². The normalized spacial score (nSPS) is 20.9. The summed E-state index contributed by atoms with van der Waals surface area (Å²) < 4.78 is 43.3. The highest BCUT2D eigenvalue weighted by Crippen LogP contribution is 2.26. The van der Waals surface area contributed by atoms with E-state index in [0.717, 1.165) is 11.1 Å². The largest absolute Gasteiger partial charge is 0.489 e. The molecule has 0 spiro atoms. The summed E-state index contributed by atoms with van der Waals surface area (Å²) in [6.07, 6.45) is -2.09. The lowest BCUT2D eigenvalue weighted by Gasteiger charge is -2.14. The second-order valence-electron chi connectivity index (χ2n) is 5.93. The van der Waals surface area contributed by atoms with Crippen LogP contribution in [0.4, 0.5) is 0 Å². The molecule has 1 aliphatic rings. The van der Waals surface area contributed by atoms with Crippen molar-refractivity contribution >= 4 is 16.4 Å². The molecule has 2 atom stereocenters. The lowest BCUT2D eigenvalue weighted by Crippen LogP contribution is -2.34. The van der Waals surface area contributed by atoms with E-state index in [0.29, 0.717) is 12.4 Å². The maximum Gasteiger partial charge on any atom is 0.401 e. The Morgan fingerprint density at radius 3 is 2.37 bits per heavy atom. The standard InChI is InChI=1S/C19H20O7S/c1-2-23-19(20)18-17(25-27(21,22)26-18)12-14-8-10-16(11-9-14)24-13-15-6-4-3-5-7-15/h3-11,17-18H,2,12-13H2,1H3/t17-,18+/m1/s1. The van der Waals surface area contributed by atoms with Gasteiger partial charge in [0.05, 0.1) is 6.61 Å². The van der Waals surface area contributed by atoms with E-state index in [1.807, 2.05) is 30.3 Å². The fourth-order valence-corrected chi connectivity index (χ4v) is 3.64. The van der Waals surface area contributed by atoms with Gasteiger partial charge in [-0.25, -0.2) is 13.2 Å². The van der Waals surface area contributed by atoms with Crippen LogP contribution in [0.5, 0.6) is 5.75 Å². The predicted molar refractivity (Wildman–Crippen MR) is 96.2 cm³/mol. The second kappa shape index (κ2) is 8.51. The van der Waals surface area contributed by atoms with Crippen LogP contribution in [0.1, 0.15) is 18.1 Å². The van der Waals surface area contributed by atoms with Crippen molar-refractivity contribution in [3.05, 3.63) is 65.7 Å². The molecule has 3 rings (SSSR count). The highest BCUT2D eigenvalue weighted by atomic mass is 32.3. The molecular weight excluding hydrogens is 372 g/mol.